The molecule has 4 nitrogen and oxygen atoms in total. The van der Waals surface area contributed by atoms with E-state index in [1.165, 1.54) is 0 Å². The normalized spacial score (nSPS) is 13.1. The van der Waals surface area contributed by atoms with Gasteiger partial charge in [-0.15, -0.1) is 0 Å². The average Bonchev–Trinajstić information content (AvgIpc) is 1.97. The molecule has 13 heavy (non-hydrogen) atoms. The van der Waals surface area contributed by atoms with Crippen molar-refractivity contribution < 1.29 is 14.7 Å². The molecule has 0 aromatic carbocycles. The van der Waals surface area contributed by atoms with Gasteiger partial charge in [0.05, 0.1) is 6.04 Å². The summed E-state index contributed by atoms with van der Waals surface area (Å²) in [6.45, 7) is 3.41. The first-order chi connectivity index (χ1) is 5.86. The van der Waals surface area contributed by atoms with Gasteiger partial charge in [0, 0.05) is 0 Å². The summed E-state index contributed by atoms with van der Waals surface area (Å²) in [7, 11) is 0. The minimum atomic E-state index is -1.26. The molecule has 0 aromatic rings. The molecule has 76 valence electrons. The van der Waals surface area contributed by atoms with Gasteiger partial charge in [-0.05, 0) is 5.92 Å². The molecule has 0 saturated heterocycles. The Morgan fingerprint density at radius 1 is 1.31 bits per heavy atom. The van der Waals surface area contributed by atoms with Crippen LogP contribution in [0.4, 0.5) is 4.79 Å². The fourth-order valence-corrected chi connectivity index (χ4v) is 1.11. The maximum absolute atomic E-state index is 11.2. The number of alkyl halides is 2. The molecule has 0 saturated carbocycles. The zero-order valence-electron chi connectivity index (χ0n) is 7.25. The van der Waals surface area contributed by atoms with Crippen molar-refractivity contribution in [2.75, 3.05) is 0 Å². The molecule has 0 heterocycles. The number of hydrogen-bond acceptors (Lipinski definition) is 2. The van der Waals surface area contributed by atoms with Gasteiger partial charge in [-0.2, -0.15) is 0 Å². The number of hydrogen-bond donors (Lipinski definition) is 2. The molecule has 0 radical (unpaired) electrons. The van der Waals surface area contributed by atoms with Crippen LogP contribution in [0.25, 0.3) is 0 Å². The second-order valence-corrected chi connectivity index (χ2v) is 3.97. The first kappa shape index (κ1) is 12.5. The Morgan fingerprint density at radius 2 is 1.77 bits per heavy atom. The smallest absolute Gasteiger partial charge is 0.405 e. The zero-order chi connectivity index (χ0) is 10.6. The Morgan fingerprint density at radius 3 is 2.00 bits per heavy atom. The molecule has 1 atom stereocenters. The van der Waals surface area contributed by atoms with Crippen molar-refractivity contribution in [2.24, 2.45) is 5.92 Å². The minimum absolute atomic E-state index is 0.177. The molecule has 0 spiro atoms. The number of halogens is 2. The lowest BCUT2D eigenvalue weighted by atomic mass is 10.0. The quantitative estimate of drug-likeness (QED) is 0.719. The highest BCUT2D eigenvalue weighted by Crippen LogP contribution is 2.12. The molecule has 1 unspecified atom stereocenters. The van der Waals surface area contributed by atoms with Gasteiger partial charge >= 0.3 is 6.09 Å². The second kappa shape index (κ2) is 5.29. The summed E-state index contributed by atoms with van der Waals surface area (Å²) in [6, 6.07) is -0.850. The summed E-state index contributed by atoms with van der Waals surface area (Å²) in [5.74, 6) is -0.704. The Bertz CT molecular complexity index is 206. The SMILES string of the molecule is CC(C)C(NC(=O)O)C(=O)C(Cl)Cl. The molecular formula is C7H11Cl2NO3. The van der Waals surface area contributed by atoms with E-state index < -0.39 is 22.8 Å². The molecule has 2 N–H and O–H groups in total. The Hall–Kier alpha value is -0.480. The number of carbonyl (C=O) groups excluding carboxylic acids is 1. The Balaban J connectivity index is 4.42. The van der Waals surface area contributed by atoms with Crippen LogP contribution in [0.5, 0.6) is 0 Å². The highest BCUT2D eigenvalue weighted by atomic mass is 35.5. The third-order valence-electron chi connectivity index (χ3n) is 1.47. The topological polar surface area (TPSA) is 66.4 Å². The lowest BCUT2D eigenvalue weighted by Crippen LogP contribution is -2.45. The fraction of sp³-hybridized carbons (Fsp3) is 0.714. The van der Waals surface area contributed by atoms with Crippen LogP contribution in [0.3, 0.4) is 0 Å². The predicted octanol–water partition coefficient (Wildman–Crippen LogP) is 1.65. The third kappa shape index (κ3) is 4.33. The summed E-state index contributed by atoms with van der Waals surface area (Å²) in [5, 5.41) is 10.5. The molecule has 0 aliphatic heterocycles. The van der Waals surface area contributed by atoms with Gasteiger partial charge < -0.3 is 10.4 Å². The Labute approximate surface area is 86.2 Å². The van der Waals surface area contributed by atoms with Crippen LogP contribution >= 0.6 is 23.2 Å². The van der Waals surface area contributed by atoms with Crippen molar-refractivity contribution in [2.45, 2.75) is 24.7 Å². The minimum Gasteiger partial charge on any atom is -0.465 e. The number of nitrogens with one attached hydrogen (secondary N) is 1. The van der Waals surface area contributed by atoms with E-state index in [4.69, 9.17) is 28.3 Å². The fourth-order valence-electron chi connectivity index (χ4n) is 0.835. The van der Waals surface area contributed by atoms with Gasteiger partial charge in [-0.3, -0.25) is 4.79 Å². The van der Waals surface area contributed by atoms with Gasteiger partial charge in [0.15, 0.2) is 10.6 Å². The average molecular weight is 228 g/mol. The second-order valence-electron chi connectivity index (χ2n) is 2.87. The lowest BCUT2D eigenvalue weighted by molar-refractivity contribution is -0.120. The van der Waals surface area contributed by atoms with Crippen LogP contribution in [0.15, 0.2) is 0 Å². The molecule has 0 aliphatic carbocycles. The summed E-state index contributed by atoms with van der Waals surface area (Å²) >= 11 is 10.7. The molecule has 6 heteroatoms. The number of carbonyl (C=O) groups is 2. The van der Waals surface area contributed by atoms with E-state index in [1.807, 2.05) is 0 Å². The predicted molar refractivity (Wildman–Crippen MR) is 50.3 cm³/mol. The summed E-state index contributed by atoms with van der Waals surface area (Å²) in [5.41, 5.74) is 0. The maximum atomic E-state index is 11.2. The lowest BCUT2D eigenvalue weighted by Gasteiger charge is -2.19. The van der Waals surface area contributed by atoms with Crippen molar-refractivity contribution >= 4 is 35.1 Å². The van der Waals surface area contributed by atoms with Crippen LogP contribution in [-0.4, -0.2) is 27.9 Å². The van der Waals surface area contributed by atoms with E-state index >= 15 is 0 Å². The van der Waals surface area contributed by atoms with Crippen LogP contribution in [0, 0.1) is 5.92 Å². The molecule has 0 bridgehead atoms. The highest BCUT2D eigenvalue weighted by molar-refractivity contribution is 6.54. The number of amides is 1. The van der Waals surface area contributed by atoms with Crippen LogP contribution < -0.4 is 5.32 Å². The largest absolute Gasteiger partial charge is 0.465 e. The summed E-state index contributed by atoms with van der Waals surface area (Å²) in [6.07, 6.45) is -1.26. The van der Waals surface area contributed by atoms with Crippen LogP contribution in [0.1, 0.15) is 13.8 Å². The van der Waals surface area contributed by atoms with Crippen LogP contribution in [0.2, 0.25) is 0 Å². The summed E-state index contributed by atoms with van der Waals surface area (Å²) in [4.78, 5) is 20.3. The van der Waals surface area contributed by atoms with E-state index in [0.29, 0.717) is 0 Å². The number of ketones is 1. The Kier molecular flexibility index (Phi) is 5.10. The van der Waals surface area contributed by atoms with Crippen LogP contribution in [-0.2, 0) is 4.79 Å². The van der Waals surface area contributed by atoms with E-state index in [1.54, 1.807) is 13.8 Å². The standard InChI is InChI=1S/C7H11Cl2NO3/c1-3(2)4(10-7(12)13)5(11)6(8)9/h3-4,6,10H,1-2H3,(H,12,13). The van der Waals surface area contributed by atoms with Gasteiger partial charge in [-0.25, -0.2) is 4.79 Å². The van der Waals surface area contributed by atoms with E-state index in [2.05, 4.69) is 5.32 Å². The van der Waals surface area contributed by atoms with Gasteiger partial charge in [0.1, 0.15) is 0 Å². The first-order valence-electron chi connectivity index (χ1n) is 3.67. The first-order valence-corrected chi connectivity index (χ1v) is 4.55. The van der Waals surface area contributed by atoms with E-state index in [9.17, 15) is 9.59 Å². The number of rotatable bonds is 4. The molecule has 0 aromatic heterocycles. The van der Waals surface area contributed by atoms with Crippen molar-refractivity contribution in [1.82, 2.24) is 5.32 Å². The van der Waals surface area contributed by atoms with E-state index in [-0.39, 0.29) is 5.92 Å². The maximum Gasteiger partial charge on any atom is 0.405 e. The van der Waals surface area contributed by atoms with Crippen molar-refractivity contribution in [3.8, 4) is 0 Å². The number of Topliss-reactive ketones (excluding diaryl/α,β-unsaturated/α-hetero) is 1. The summed E-state index contributed by atoms with van der Waals surface area (Å²) < 4.78 is 0. The van der Waals surface area contributed by atoms with Crippen molar-refractivity contribution in [3.63, 3.8) is 0 Å². The van der Waals surface area contributed by atoms with E-state index in [0.717, 1.165) is 0 Å². The molecule has 0 fully saturated rings. The molecular weight excluding hydrogens is 217 g/mol. The zero-order valence-corrected chi connectivity index (χ0v) is 8.76. The van der Waals surface area contributed by atoms with Gasteiger partial charge in [0.2, 0.25) is 0 Å². The van der Waals surface area contributed by atoms with Crippen molar-refractivity contribution in [1.29, 1.82) is 0 Å². The highest BCUT2D eigenvalue weighted by Gasteiger charge is 2.27. The van der Waals surface area contributed by atoms with Crippen molar-refractivity contribution in [3.05, 3.63) is 0 Å². The molecule has 0 rings (SSSR count). The molecule has 1 amide bonds. The third-order valence-corrected chi connectivity index (χ3v) is 1.90. The number of carboxylic acid groups (broad SMARTS) is 1. The van der Waals surface area contributed by atoms with Gasteiger partial charge in [0.25, 0.3) is 0 Å². The molecule has 0 aliphatic rings. The monoisotopic (exact) mass is 227 g/mol. The van der Waals surface area contributed by atoms with Gasteiger partial charge in [-0.1, -0.05) is 37.0 Å².